The monoisotopic (exact) mass is 305 g/mol. The quantitative estimate of drug-likeness (QED) is 0.882. The van der Waals surface area contributed by atoms with E-state index in [1.807, 2.05) is 24.3 Å². The molecule has 0 unspecified atom stereocenters. The average Bonchev–Trinajstić information content (AvgIpc) is 2.37. The third kappa shape index (κ3) is 3.40. The van der Waals surface area contributed by atoms with Gasteiger partial charge < -0.3 is 5.11 Å². The second kappa shape index (κ2) is 5.78. The number of hydrogen-bond acceptors (Lipinski definition) is 2. The summed E-state index contributed by atoms with van der Waals surface area (Å²) in [7, 11) is 0. The summed E-state index contributed by atoms with van der Waals surface area (Å²) in [5.41, 5.74) is 2.33. The van der Waals surface area contributed by atoms with E-state index >= 15 is 0 Å². The minimum atomic E-state index is -0.891. The smallest absolute Gasteiger partial charge is 0.335 e. The Morgan fingerprint density at radius 2 is 1.94 bits per heavy atom. The summed E-state index contributed by atoms with van der Waals surface area (Å²) in [6, 6.07) is 12.8. The summed E-state index contributed by atoms with van der Waals surface area (Å²) in [4.78, 5) is 15.2. The maximum atomic E-state index is 10.9. The highest BCUT2D eigenvalue weighted by atomic mass is 79.9. The van der Waals surface area contributed by atoms with Crippen molar-refractivity contribution in [1.29, 1.82) is 0 Å². The van der Waals surface area contributed by atoms with Crippen molar-refractivity contribution in [3.8, 4) is 0 Å². The molecule has 2 rings (SSSR count). The molecule has 0 aliphatic rings. The minimum absolute atomic E-state index is 0.328. The summed E-state index contributed by atoms with van der Waals surface area (Å²) in [6.07, 6.45) is 1.58. The number of halogens is 1. The van der Waals surface area contributed by atoms with E-state index < -0.39 is 5.97 Å². The topological polar surface area (TPSA) is 50.2 Å². The van der Waals surface area contributed by atoms with Gasteiger partial charge in [-0.15, -0.1) is 0 Å². The van der Waals surface area contributed by atoms with Crippen LogP contribution in [-0.4, -0.2) is 16.1 Å². The zero-order valence-corrected chi connectivity index (χ0v) is 11.2. The number of hydrogen-bond donors (Lipinski definition) is 1. The van der Waals surface area contributed by atoms with Crippen molar-refractivity contribution >= 4 is 21.9 Å². The van der Waals surface area contributed by atoms with Gasteiger partial charge in [-0.05, 0) is 58.6 Å². The van der Waals surface area contributed by atoms with Gasteiger partial charge in [0.2, 0.25) is 0 Å². The van der Waals surface area contributed by atoms with Gasteiger partial charge in [-0.1, -0.05) is 18.2 Å². The van der Waals surface area contributed by atoms with Crippen molar-refractivity contribution in [2.24, 2.45) is 0 Å². The number of carboxylic acids is 1. The molecular weight excluding hydrogens is 294 g/mol. The third-order valence-electron chi connectivity index (χ3n) is 2.62. The molecule has 3 nitrogen and oxygen atoms in total. The van der Waals surface area contributed by atoms with Gasteiger partial charge in [0.05, 0.1) is 5.56 Å². The fourth-order valence-corrected chi connectivity index (χ4v) is 2.10. The fraction of sp³-hybridized carbons (Fsp3) is 0.143. The van der Waals surface area contributed by atoms with Crippen molar-refractivity contribution in [2.45, 2.75) is 12.8 Å². The highest BCUT2D eigenvalue weighted by Gasteiger charge is 2.03. The second-order valence-electron chi connectivity index (χ2n) is 3.96. The van der Waals surface area contributed by atoms with Crippen LogP contribution in [0.2, 0.25) is 0 Å². The average molecular weight is 306 g/mol. The molecule has 1 N–H and O–H groups in total. The number of rotatable bonds is 4. The molecule has 0 radical (unpaired) electrons. The Kier molecular flexibility index (Phi) is 4.10. The van der Waals surface area contributed by atoms with Crippen molar-refractivity contribution in [3.63, 3.8) is 0 Å². The number of aromatic nitrogens is 1. The third-order valence-corrected chi connectivity index (χ3v) is 3.06. The molecule has 1 aromatic heterocycles. The summed E-state index contributed by atoms with van der Waals surface area (Å²) in [5.74, 6) is -0.891. The lowest BCUT2D eigenvalue weighted by Gasteiger charge is -2.03. The number of carbonyl (C=O) groups is 1. The molecule has 0 saturated carbocycles. The SMILES string of the molecule is O=C(O)c1cccc(CCc2cccc(Br)n2)c1. The zero-order chi connectivity index (χ0) is 13.0. The lowest BCUT2D eigenvalue weighted by Crippen LogP contribution is -1.99. The van der Waals surface area contributed by atoms with Gasteiger partial charge in [-0.3, -0.25) is 0 Å². The predicted molar refractivity (Wildman–Crippen MR) is 72.7 cm³/mol. The Morgan fingerprint density at radius 1 is 1.17 bits per heavy atom. The molecule has 0 bridgehead atoms. The predicted octanol–water partition coefficient (Wildman–Crippen LogP) is 3.33. The molecule has 0 spiro atoms. The molecule has 92 valence electrons. The number of aryl methyl sites for hydroxylation is 2. The minimum Gasteiger partial charge on any atom is -0.478 e. The van der Waals surface area contributed by atoms with Crippen LogP contribution in [0.25, 0.3) is 0 Å². The number of pyridine rings is 1. The molecule has 4 heteroatoms. The van der Waals surface area contributed by atoms with Crippen LogP contribution in [0.5, 0.6) is 0 Å². The van der Waals surface area contributed by atoms with Gasteiger partial charge in [0, 0.05) is 5.69 Å². The second-order valence-corrected chi connectivity index (χ2v) is 4.77. The van der Waals surface area contributed by atoms with Crippen LogP contribution in [-0.2, 0) is 12.8 Å². The highest BCUT2D eigenvalue weighted by molar-refractivity contribution is 9.10. The zero-order valence-electron chi connectivity index (χ0n) is 9.64. The molecule has 1 aromatic carbocycles. The van der Waals surface area contributed by atoms with E-state index in [9.17, 15) is 4.79 Å². The lowest BCUT2D eigenvalue weighted by atomic mass is 10.1. The molecule has 0 saturated heterocycles. The first-order valence-corrected chi connectivity index (χ1v) is 6.38. The molecule has 2 aromatic rings. The normalized spacial score (nSPS) is 10.3. The van der Waals surface area contributed by atoms with Crippen LogP contribution < -0.4 is 0 Å². The van der Waals surface area contributed by atoms with Gasteiger partial charge in [-0.2, -0.15) is 0 Å². The van der Waals surface area contributed by atoms with Gasteiger partial charge in [0.25, 0.3) is 0 Å². The van der Waals surface area contributed by atoms with E-state index in [1.54, 1.807) is 18.2 Å². The van der Waals surface area contributed by atoms with Crippen LogP contribution in [0.15, 0.2) is 47.1 Å². The molecule has 0 amide bonds. The largest absolute Gasteiger partial charge is 0.478 e. The molecule has 18 heavy (non-hydrogen) atoms. The molecular formula is C14H12BrNO2. The Morgan fingerprint density at radius 3 is 2.67 bits per heavy atom. The molecule has 0 fully saturated rings. The van der Waals surface area contributed by atoms with E-state index in [-0.39, 0.29) is 0 Å². The van der Waals surface area contributed by atoms with E-state index in [4.69, 9.17) is 5.11 Å². The first-order chi connectivity index (χ1) is 8.65. The van der Waals surface area contributed by atoms with Crippen LogP contribution in [0, 0.1) is 0 Å². The number of aromatic carboxylic acids is 1. The lowest BCUT2D eigenvalue weighted by molar-refractivity contribution is 0.0697. The Bertz CT molecular complexity index is 569. The summed E-state index contributed by atoms with van der Waals surface area (Å²) < 4.78 is 0.819. The van der Waals surface area contributed by atoms with Crippen molar-refractivity contribution in [1.82, 2.24) is 4.98 Å². The van der Waals surface area contributed by atoms with E-state index in [1.165, 1.54) is 0 Å². The summed E-state index contributed by atoms with van der Waals surface area (Å²) in [5, 5.41) is 8.91. The molecule has 0 atom stereocenters. The Labute approximate surface area is 114 Å². The van der Waals surface area contributed by atoms with Crippen molar-refractivity contribution < 1.29 is 9.90 Å². The van der Waals surface area contributed by atoms with Crippen LogP contribution in [0.3, 0.4) is 0 Å². The number of nitrogens with zero attached hydrogens (tertiary/aromatic N) is 1. The molecule has 1 heterocycles. The summed E-state index contributed by atoms with van der Waals surface area (Å²) in [6.45, 7) is 0. The van der Waals surface area contributed by atoms with E-state index in [0.717, 1.165) is 28.7 Å². The number of carboxylic acid groups (broad SMARTS) is 1. The van der Waals surface area contributed by atoms with Gasteiger partial charge in [-0.25, -0.2) is 9.78 Å². The van der Waals surface area contributed by atoms with Gasteiger partial charge >= 0.3 is 5.97 Å². The van der Waals surface area contributed by atoms with E-state index in [2.05, 4.69) is 20.9 Å². The van der Waals surface area contributed by atoms with E-state index in [0.29, 0.717) is 5.56 Å². The maximum absolute atomic E-state index is 10.9. The Balaban J connectivity index is 2.06. The number of benzene rings is 1. The maximum Gasteiger partial charge on any atom is 0.335 e. The van der Waals surface area contributed by atoms with Crippen molar-refractivity contribution in [2.75, 3.05) is 0 Å². The van der Waals surface area contributed by atoms with Crippen LogP contribution >= 0.6 is 15.9 Å². The first-order valence-electron chi connectivity index (χ1n) is 5.59. The van der Waals surface area contributed by atoms with Crippen molar-refractivity contribution in [3.05, 3.63) is 63.9 Å². The Hall–Kier alpha value is -1.68. The summed E-state index contributed by atoms with van der Waals surface area (Å²) >= 11 is 3.33. The fourth-order valence-electron chi connectivity index (χ4n) is 1.72. The molecule has 0 aliphatic carbocycles. The van der Waals surface area contributed by atoms with Crippen LogP contribution in [0.1, 0.15) is 21.6 Å². The van der Waals surface area contributed by atoms with Gasteiger partial charge in [0.1, 0.15) is 4.60 Å². The molecule has 0 aliphatic heterocycles. The highest BCUT2D eigenvalue weighted by Crippen LogP contribution is 2.11. The van der Waals surface area contributed by atoms with Crippen LogP contribution in [0.4, 0.5) is 0 Å². The standard InChI is InChI=1S/C14H12BrNO2/c15-13-6-2-5-12(16-13)8-7-10-3-1-4-11(9-10)14(17)18/h1-6,9H,7-8H2,(H,17,18). The van der Waals surface area contributed by atoms with Gasteiger partial charge in [0.15, 0.2) is 0 Å². The first kappa shape index (κ1) is 12.8.